The van der Waals surface area contributed by atoms with Crippen LogP contribution in [0.4, 0.5) is 0 Å². The quantitative estimate of drug-likeness (QED) is 0.716. The zero-order chi connectivity index (χ0) is 15.2. The van der Waals surface area contributed by atoms with Crippen LogP contribution in [0.25, 0.3) is 0 Å². The van der Waals surface area contributed by atoms with Gasteiger partial charge in [0.25, 0.3) is 0 Å². The highest BCUT2D eigenvalue weighted by Gasteiger charge is 2.24. The highest BCUT2D eigenvalue weighted by atomic mass is 32.2. The van der Waals surface area contributed by atoms with Crippen LogP contribution in [0.1, 0.15) is 37.0 Å². The summed E-state index contributed by atoms with van der Waals surface area (Å²) >= 11 is 0. The molecule has 0 aromatic carbocycles. The molecule has 0 unspecified atom stereocenters. The lowest BCUT2D eigenvalue weighted by molar-refractivity contribution is 0.0600. The molecule has 1 aromatic rings. The lowest BCUT2D eigenvalue weighted by Gasteiger charge is -2.20. The minimum absolute atomic E-state index is 0.0160. The molecular weight excluding hydrogens is 280 g/mol. The van der Waals surface area contributed by atoms with Crippen molar-refractivity contribution in [2.45, 2.75) is 31.6 Å². The molecule has 0 bridgehead atoms. The van der Waals surface area contributed by atoms with Crippen LogP contribution in [-0.2, 0) is 14.8 Å². The maximum atomic E-state index is 12.5. The first-order chi connectivity index (χ1) is 9.47. The van der Waals surface area contributed by atoms with Gasteiger partial charge in [-0.1, -0.05) is 13.8 Å². The second-order valence-electron chi connectivity index (χ2n) is 4.30. The topological polar surface area (TPSA) is 76.6 Å². The van der Waals surface area contributed by atoms with E-state index in [0.29, 0.717) is 13.1 Å². The third kappa shape index (κ3) is 3.77. The Bertz CT molecular complexity index is 551. The summed E-state index contributed by atoms with van der Waals surface area (Å²) in [5.74, 6) is -0.605. The minimum Gasteiger partial charge on any atom is -0.465 e. The number of rotatable bonds is 7. The number of ether oxygens (including phenoxy) is 1. The average Bonchev–Trinajstić information content (AvgIpc) is 2.46. The van der Waals surface area contributed by atoms with Gasteiger partial charge in [-0.05, 0) is 18.9 Å². The third-order valence-electron chi connectivity index (χ3n) is 2.72. The Kier molecular flexibility index (Phi) is 6.09. The molecule has 0 aliphatic heterocycles. The molecule has 7 heteroatoms. The van der Waals surface area contributed by atoms with E-state index in [1.165, 1.54) is 29.9 Å². The van der Waals surface area contributed by atoms with Crippen molar-refractivity contribution >= 4 is 16.0 Å². The number of methoxy groups -OCH3 is 1. The molecule has 0 amide bonds. The fourth-order valence-corrected chi connectivity index (χ4v) is 3.40. The summed E-state index contributed by atoms with van der Waals surface area (Å²) < 4.78 is 31.0. The van der Waals surface area contributed by atoms with Crippen LogP contribution in [0.3, 0.4) is 0 Å². The molecule has 0 radical (unpaired) electrons. The number of nitrogens with zero attached hydrogens (tertiary/aromatic N) is 2. The summed E-state index contributed by atoms with van der Waals surface area (Å²) in [4.78, 5) is 15.3. The molecule has 0 fully saturated rings. The number of carbonyl (C=O) groups excluding carboxylic acids is 1. The van der Waals surface area contributed by atoms with Gasteiger partial charge in [-0.2, -0.15) is 4.31 Å². The van der Waals surface area contributed by atoms with E-state index in [2.05, 4.69) is 9.72 Å². The standard InChI is InChI=1S/C13H20N2O4S/c1-4-6-15(7-5-2)20(17,18)12-8-11(9-14-10-12)13(16)19-3/h8-10H,4-7H2,1-3H3. The van der Waals surface area contributed by atoms with Crippen LogP contribution in [-0.4, -0.2) is 43.9 Å². The van der Waals surface area contributed by atoms with E-state index in [0.717, 1.165) is 12.8 Å². The maximum absolute atomic E-state index is 12.5. The van der Waals surface area contributed by atoms with E-state index in [1.54, 1.807) is 0 Å². The Balaban J connectivity index is 3.16. The van der Waals surface area contributed by atoms with Gasteiger partial charge in [-0.15, -0.1) is 0 Å². The molecule has 0 N–H and O–H groups in total. The van der Waals surface area contributed by atoms with Crippen LogP contribution < -0.4 is 0 Å². The first kappa shape index (κ1) is 16.6. The molecule has 0 aliphatic rings. The highest BCUT2D eigenvalue weighted by Crippen LogP contribution is 2.17. The van der Waals surface area contributed by atoms with E-state index >= 15 is 0 Å². The van der Waals surface area contributed by atoms with Crippen LogP contribution in [0.5, 0.6) is 0 Å². The number of esters is 1. The average molecular weight is 300 g/mol. The normalized spacial score (nSPS) is 11.6. The van der Waals surface area contributed by atoms with Crippen molar-refractivity contribution in [2.24, 2.45) is 0 Å². The van der Waals surface area contributed by atoms with Gasteiger partial charge in [-0.25, -0.2) is 13.2 Å². The summed E-state index contributed by atoms with van der Waals surface area (Å²) in [6, 6.07) is 1.30. The monoisotopic (exact) mass is 300 g/mol. The Hall–Kier alpha value is -1.47. The number of hydrogen-bond donors (Lipinski definition) is 0. The Labute approximate surface area is 119 Å². The summed E-state index contributed by atoms with van der Waals surface area (Å²) in [5.41, 5.74) is 0.126. The van der Waals surface area contributed by atoms with Crippen molar-refractivity contribution in [1.82, 2.24) is 9.29 Å². The van der Waals surface area contributed by atoms with Crippen LogP contribution in [0, 0.1) is 0 Å². The van der Waals surface area contributed by atoms with E-state index in [-0.39, 0.29) is 10.5 Å². The maximum Gasteiger partial charge on any atom is 0.339 e. The molecule has 1 rings (SSSR count). The van der Waals surface area contributed by atoms with Gasteiger partial charge >= 0.3 is 5.97 Å². The molecule has 0 saturated carbocycles. The number of hydrogen-bond acceptors (Lipinski definition) is 5. The van der Waals surface area contributed by atoms with Crippen molar-refractivity contribution in [3.05, 3.63) is 24.0 Å². The predicted octanol–water partition coefficient (Wildman–Crippen LogP) is 1.68. The lowest BCUT2D eigenvalue weighted by atomic mass is 10.3. The van der Waals surface area contributed by atoms with Gasteiger partial charge in [0.05, 0.1) is 12.7 Å². The zero-order valence-electron chi connectivity index (χ0n) is 12.0. The Morgan fingerprint density at radius 3 is 2.35 bits per heavy atom. The largest absolute Gasteiger partial charge is 0.465 e. The molecule has 0 atom stereocenters. The summed E-state index contributed by atoms with van der Waals surface area (Å²) in [6.07, 6.45) is 3.99. The molecule has 20 heavy (non-hydrogen) atoms. The van der Waals surface area contributed by atoms with Crippen LogP contribution in [0.15, 0.2) is 23.4 Å². The third-order valence-corrected chi connectivity index (χ3v) is 4.58. The van der Waals surface area contributed by atoms with Gasteiger partial charge < -0.3 is 4.74 Å². The van der Waals surface area contributed by atoms with Crippen molar-refractivity contribution in [1.29, 1.82) is 0 Å². The number of aromatic nitrogens is 1. The van der Waals surface area contributed by atoms with Gasteiger partial charge in [0.15, 0.2) is 0 Å². The van der Waals surface area contributed by atoms with Gasteiger partial charge in [0.2, 0.25) is 10.0 Å². The van der Waals surface area contributed by atoms with Crippen molar-refractivity contribution in [3.8, 4) is 0 Å². The van der Waals surface area contributed by atoms with Gasteiger partial charge in [-0.3, -0.25) is 4.98 Å². The fraction of sp³-hybridized carbons (Fsp3) is 0.538. The predicted molar refractivity (Wildman–Crippen MR) is 74.9 cm³/mol. The minimum atomic E-state index is -3.63. The Morgan fingerprint density at radius 2 is 1.85 bits per heavy atom. The molecule has 112 valence electrons. The summed E-state index contributed by atoms with van der Waals surface area (Å²) in [5, 5.41) is 0. The molecular formula is C13H20N2O4S. The highest BCUT2D eigenvalue weighted by molar-refractivity contribution is 7.89. The van der Waals surface area contributed by atoms with E-state index in [4.69, 9.17) is 0 Å². The second kappa shape index (κ2) is 7.35. The molecule has 1 aromatic heterocycles. The lowest BCUT2D eigenvalue weighted by Crippen LogP contribution is -2.32. The zero-order valence-corrected chi connectivity index (χ0v) is 12.8. The molecule has 0 spiro atoms. The smallest absolute Gasteiger partial charge is 0.339 e. The van der Waals surface area contributed by atoms with Crippen LogP contribution >= 0.6 is 0 Å². The van der Waals surface area contributed by atoms with E-state index in [9.17, 15) is 13.2 Å². The van der Waals surface area contributed by atoms with Crippen molar-refractivity contribution < 1.29 is 17.9 Å². The number of pyridine rings is 1. The SMILES string of the molecule is CCCN(CCC)S(=O)(=O)c1cncc(C(=O)OC)c1. The summed E-state index contributed by atoms with van der Waals surface area (Å²) in [6.45, 7) is 4.72. The van der Waals surface area contributed by atoms with E-state index in [1.807, 2.05) is 13.8 Å². The molecule has 1 heterocycles. The summed E-state index contributed by atoms with van der Waals surface area (Å²) in [7, 11) is -2.39. The molecule has 0 saturated heterocycles. The number of carbonyl (C=O) groups is 1. The first-order valence-corrected chi connectivity index (χ1v) is 7.94. The van der Waals surface area contributed by atoms with Gasteiger partial charge in [0, 0.05) is 25.5 Å². The first-order valence-electron chi connectivity index (χ1n) is 6.50. The molecule has 6 nitrogen and oxygen atoms in total. The Morgan fingerprint density at radius 1 is 1.25 bits per heavy atom. The van der Waals surface area contributed by atoms with Gasteiger partial charge in [0.1, 0.15) is 4.90 Å². The van der Waals surface area contributed by atoms with E-state index < -0.39 is 16.0 Å². The second-order valence-corrected chi connectivity index (χ2v) is 6.24. The van der Waals surface area contributed by atoms with Crippen molar-refractivity contribution in [3.63, 3.8) is 0 Å². The fourth-order valence-electron chi connectivity index (χ4n) is 1.79. The van der Waals surface area contributed by atoms with Crippen LogP contribution in [0.2, 0.25) is 0 Å². The van der Waals surface area contributed by atoms with Crippen molar-refractivity contribution in [2.75, 3.05) is 20.2 Å². The number of sulfonamides is 1. The molecule has 0 aliphatic carbocycles.